The standard InChI is InChI=1S/C19H21N3O2S/c1-12-8-15(16-11-25-19(20-3)21-16)13(2)22(12)9-14-10-23-17-6-4-5-7-18(17)24-14/h4-8,11,14H,9-10H2,1-3H3,(H,20,21)/t14-/m1/s1. The van der Waals surface area contributed by atoms with Crippen molar-refractivity contribution in [2.24, 2.45) is 0 Å². The van der Waals surface area contributed by atoms with E-state index < -0.39 is 0 Å². The molecule has 0 radical (unpaired) electrons. The van der Waals surface area contributed by atoms with Gasteiger partial charge in [0.05, 0.1) is 12.2 Å². The van der Waals surface area contributed by atoms with Crippen LogP contribution in [0.25, 0.3) is 11.3 Å². The second kappa shape index (κ2) is 6.44. The molecule has 1 N–H and O–H groups in total. The Bertz CT molecular complexity index is 900. The largest absolute Gasteiger partial charge is 0.486 e. The maximum atomic E-state index is 6.11. The zero-order chi connectivity index (χ0) is 17.4. The number of aryl methyl sites for hydroxylation is 1. The third-order valence-electron chi connectivity index (χ3n) is 4.52. The first-order valence-corrected chi connectivity index (χ1v) is 9.22. The molecule has 0 saturated heterocycles. The minimum Gasteiger partial charge on any atom is -0.486 e. The van der Waals surface area contributed by atoms with Gasteiger partial charge in [-0.3, -0.25) is 0 Å². The zero-order valence-electron chi connectivity index (χ0n) is 14.6. The molecule has 0 amide bonds. The van der Waals surface area contributed by atoms with E-state index in [1.807, 2.05) is 31.3 Å². The van der Waals surface area contributed by atoms with Gasteiger partial charge in [-0.2, -0.15) is 0 Å². The van der Waals surface area contributed by atoms with Gasteiger partial charge in [-0.15, -0.1) is 11.3 Å². The highest BCUT2D eigenvalue weighted by molar-refractivity contribution is 7.14. The highest BCUT2D eigenvalue weighted by Crippen LogP contribution is 2.33. The molecule has 4 rings (SSSR count). The summed E-state index contributed by atoms with van der Waals surface area (Å²) in [7, 11) is 1.89. The average Bonchev–Trinajstić information content (AvgIpc) is 3.21. The number of ether oxygens (including phenoxy) is 2. The summed E-state index contributed by atoms with van der Waals surface area (Å²) >= 11 is 1.62. The van der Waals surface area contributed by atoms with Gasteiger partial charge in [0.25, 0.3) is 0 Å². The Kier molecular flexibility index (Phi) is 4.13. The van der Waals surface area contributed by atoms with Crippen molar-refractivity contribution in [2.75, 3.05) is 19.0 Å². The van der Waals surface area contributed by atoms with Gasteiger partial charge in [0.15, 0.2) is 22.7 Å². The summed E-state index contributed by atoms with van der Waals surface area (Å²) in [5.74, 6) is 1.64. The maximum absolute atomic E-state index is 6.11. The molecule has 0 saturated carbocycles. The van der Waals surface area contributed by atoms with E-state index in [9.17, 15) is 0 Å². The molecule has 5 nitrogen and oxygen atoms in total. The van der Waals surface area contributed by atoms with Crippen molar-refractivity contribution in [3.05, 3.63) is 47.1 Å². The summed E-state index contributed by atoms with van der Waals surface area (Å²) in [5.41, 5.74) is 4.59. The highest BCUT2D eigenvalue weighted by Gasteiger charge is 2.23. The first-order valence-electron chi connectivity index (χ1n) is 8.34. The first kappa shape index (κ1) is 16.0. The SMILES string of the molecule is CNc1nc(-c2cc(C)n(C[C@@H]3COc4ccccc4O3)c2C)cs1. The summed E-state index contributed by atoms with van der Waals surface area (Å²) in [5, 5.41) is 6.12. The van der Waals surface area contributed by atoms with Gasteiger partial charge < -0.3 is 19.4 Å². The lowest BCUT2D eigenvalue weighted by molar-refractivity contribution is 0.0778. The lowest BCUT2D eigenvalue weighted by atomic mass is 10.2. The van der Waals surface area contributed by atoms with Crippen LogP contribution in [0.3, 0.4) is 0 Å². The van der Waals surface area contributed by atoms with E-state index in [1.54, 1.807) is 11.3 Å². The average molecular weight is 355 g/mol. The van der Waals surface area contributed by atoms with Crippen molar-refractivity contribution in [1.82, 2.24) is 9.55 Å². The summed E-state index contributed by atoms with van der Waals surface area (Å²) in [6.45, 7) is 5.58. The number of nitrogens with one attached hydrogen (secondary N) is 1. The van der Waals surface area contributed by atoms with Crippen LogP contribution < -0.4 is 14.8 Å². The van der Waals surface area contributed by atoms with E-state index in [-0.39, 0.29) is 6.10 Å². The fraction of sp³-hybridized carbons (Fsp3) is 0.316. The molecule has 25 heavy (non-hydrogen) atoms. The molecule has 0 unspecified atom stereocenters. The van der Waals surface area contributed by atoms with Crippen LogP contribution in [-0.4, -0.2) is 29.3 Å². The molecule has 1 atom stereocenters. The molecule has 130 valence electrons. The number of para-hydroxylation sites is 2. The Labute approximate surface area is 151 Å². The summed E-state index contributed by atoms with van der Waals surface area (Å²) < 4.78 is 14.2. The van der Waals surface area contributed by atoms with E-state index >= 15 is 0 Å². The van der Waals surface area contributed by atoms with Gasteiger partial charge in [-0.25, -0.2) is 4.98 Å². The quantitative estimate of drug-likeness (QED) is 0.765. The number of nitrogens with zero attached hydrogens (tertiary/aromatic N) is 2. The Balaban J connectivity index is 1.57. The predicted octanol–water partition coefficient (Wildman–Crippen LogP) is 4.11. The number of benzene rings is 1. The number of hydrogen-bond donors (Lipinski definition) is 1. The van der Waals surface area contributed by atoms with Crippen LogP contribution in [0, 0.1) is 13.8 Å². The van der Waals surface area contributed by atoms with Crippen LogP contribution in [0.5, 0.6) is 11.5 Å². The topological polar surface area (TPSA) is 48.3 Å². The van der Waals surface area contributed by atoms with Gasteiger partial charge in [-0.05, 0) is 32.0 Å². The van der Waals surface area contributed by atoms with E-state index in [0.29, 0.717) is 6.61 Å². The molecular formula is C19H21N3O2S. The molecule has 2 aromatic heterocycles. The lowest BCUT2D eigenvalue weighted by Gasteiger charge is -2.27. The van der Waals surface area contributed by atoms with E-state index in [4.69, 9.17) is 9.47 Å². The van der Waals surface area contributed by atoms with Crippen LogP contribution in [0.2, 0.25) is 0 Å². The zero-order valence-corrected chi connectivity index (χ0v) is 15.4. The van der Waals surface area contributed by atoms with Gasteiger partial charge in [0.1, 0.15) is 6.61 Å². The van der Waals surface area contributed by atoms with Gasteiger partial charge in [0.2, 0.25) is 0 Å². The van der Waals surface area contributed by atoms with Gasteiger partial charge >= 0.3 is 0 Å². The Morgan fingerprint density at radius 2 is 2.08 bits per heavy atom. The normalized spacial score (nSPS) is 16.0. The fourth-order valence-corrected chi connectivity index (χ4v) is 3.88. The minimum atomic E-state index is -0.00384. The Morgan fingerprint density at radius 1 is 1.28 bits per heavy atom. The molecule has 3 aromatic rings. The van der Waals surface area contributed by atoms with Crippen LogP contribution in [0.1, 0.15) is 11.4 Å². The van der Waals surface area contributed by atoms with Crippen molar-refractivity contribution < 1.29 is 9.47 Å². The van der Waals surface area contributed by atoms with Crippen LogP contribution >= 0.6 is 11.3 Å². The third kappa shape index (κ3) is 2.98. The third-order valence-corrected chi connectivity index (χ3v) is 5.38. The van der Waals surface area contributed by atoms with Crippen molar-refractivity contribution >= 4 is 16.5 Å². The predicted molar refractivity (Wildman–Crippen MR) is 101 cm³/mol. The van der Waals surface area contributed by atoms with Crippen LogP contribution in [0.4, 0.5) is 5.13 Å². The molecular weight excluding hydrogens is 334 g/mol. The first-order chi connectivity index (χ1) is 12.2. The van der Waals surface area contributed by atoms with E-state index in [0.717, 1.165) is 28.9 Å². The summed E-state index contributed by atoms with van der Waals surface area (Å²) in [6.07, 6.45) is -0.00384. The molecule has 0 fully saturated rings. The smallest absolute Gasteiger partial charge is 0.182 e. The second-order valence-corrected chi connectivity index (χ2v) is 7.04. The van der Waals surface area contributed by atoms with E-state index in [2.05, 4.69) is 40.2 Å². The molecule has 0 spiro atoms. The van der Waals surface area contributed by atoms with Crippen molar-refractivity contribution in [3.63, 3.8) is 0 Å². The minimum absolute atomic E-state index is 0.00384. The molecule has 3 heterocycles. The second-order valence-electron chi connectivity index (χ2n) is 6.18. The summed E-state index contributed by atoms with van der Waals surface area (Å²) in [6, 6.07) is 10.0. The van der Waals surface area contributed by atoms with Gasteiger partial charge in [0, 0.05) is 29.4 Å². The molecule has 1 aromatic carbocycles. The number of aromatic nitrogens is 2. The number of thiazole rings is 1. The lowest BCUT2D eigenvalue weighted by Crippen LogP contribution is -2.33. The number of anilines is 1. The Morgan fingerprint density at radius 3 is 2.84 bits per heavy atom. The van der Waals surface area contributed by atoms with Crippen molar-refractivity contribution in [3.8, 4) is 22.8 Å². The maximum Gasteiger partial charge on any atom is 0.182 e. The molecule has 1 aliphatic heterocycles. The van der Waals surface area contributed by atoms with Crippen LogP contribution in [-0.2, 0) is 6.54 Å². The molecule has 0 bridgehead atoms. The van der Waals surface area contributed by atoms with Gasteiger partial charge in [-0.1, -0.05) is 12.1 Å². The molecule has 1 aliphatic rings. The fourth-order valence-electron chi connectivity index (χ4n) is 3.21. The van der Waals surface area contributed by atoms with Crippen molar-refractivity contribution in [2.45, 2.75) is 26.5 Å². The highest BCUT2D eigenvalue weighted by atomic mass is 32.1. The number of hydrogen-bond acceptors (Lipinski definition) is 5. The molecule has 0 aliphatic carbocycles. The molecule has 6 heteroatoms. The van der Waals surface area contributed by atoms with Crippen molar-refractivity contribution in [1.29, 1.82) is 0 Å². The number of fused-ring (bicyclic) bond motifs is 1. The van der Waals surface area contributed by atoms with E-state index in [1.165, 1.54) is 17.0 Å². The Hall–Kier alpha value is -2.47. The van der Waals surface area contributed by atoms with Crippen LogP contribution in [0.15, 0.2) is 35.7 Å². The monoisotopic (exact) mass is 355 g/mol. The number of rotatable bonds is 4. The summed E-state index contributed by atoms with van der Waals surface area (Å²) in [4.78, 5) is 4.63.